The number of unbranched alkanes of at least 4 members (excludes halogenated alkanes) is 3. The normalized spacial score (nSPS) is 18.5. The molecule has 182 valence electrons. The highest BCUT2D eigenvalue weighted by Gasteiger charge is 2.38. The largest absolute Gasteiger partial charge is 0.299 e. The summed E-state index contributed by atoms with van der Waals surface area (Å²) in [5.74, 6) is -0.00214. The monoisotopic (exact) mass is 493 g/mol. The molecule has 2 aromatic carbocycles. The highest BCUT2D eigenvalue weighted by Crippen LogP contribution is 2.38. The number of hydrazine groups is 1. The molecule has 0 aromatic heterocycles. The molecular weight excluding hydrogens is 455 g/mol. The van der Waals surface area contributed by atoms with E-state index >= 15 is 0 Å². The van der Waals surface area contributed by atoms with Crippen molar-refractivity contribution in [2.75, 3.05) is 18.6 Å². The molecule has 0 radical (unpaired) electrons. The Hall–Kier alpha value is -1.79. The van der Waals surface area contributed by atoms with Crippen molar-refractivity contribution in [2.45, 2.75) is 71.9 Å². The van der Waals surface area contributed by atoms with Crippen LogP contribution in [0.2, 0.25) is 10.0 Å². The van der Waals surface area contributed by atoms with Crippen LogP contribution in [0.3, 0.4) is 0 Å². The second-order valence-electron chi connectivity index (χ2n) is 8.39. The van der Waals surface area contributed by atoms with E-state index in [0.29, 0.717) is 16.5 Å². The van der Waals surface area contributed by atoms with Crippen molar-refractivity contribution in [1.29, 1.82) is 0 Å². The van der Waals surface area contributed by atoms with Gasteiger partial charge in [-0.1, -0.05) is 86.6 Å². The van der Waals surface area contributed by atoms with Crippen molar-refractivity contribution in [1.82, 2.24) is 10.9 Å². The van der Waals surface area contributed by atoms with Crippen LogP contribution in [0.1, 0.15) is 70.0 Å². The maximum Gasteiger partial charge on any atom is 0.283 e. The summed E-state index contributed by atoms with van der Waals surface area (Å²) in [6.45, 7) is 9.19. The van der Waals surface area contributed by atoms with Crippen molar-refractivity contribution in [2.24, 2.45) is 0 Å². The Bertz CT molecular complexity index is 875. The van der Waals surface area contributed by atoms with Gasteiger partial charge in [0.25, 0.3) is 5.91 Å². The van der Waals surface area contributed by atoms with Gasteiger partial charge in [-0.15, -0.1) is 0 Å². The number of quaternary nitrogens is 1. The lowest BCUT2D eigenvalue weighted by Gasteiger charge is -2.28. The summed E-state index contributed by atoms with van der Waals surface area (Å²) in [7, 11) is 2.00. The van der Waals surface area contributed by atoms with Crippen LogP contribution in [-0.4, -0.2) is 25.5 Å². The van der Waals surface area contributed by atoms with Crippen LogP contribution in [0.5, 0.6) is 0 Å². The van der Waals surface area contributed by atoms with Gasteiger partial charge < -0.3 is 0 Å². The Kier molecular flexibility index (Phi) is 11.5. The minimum Gasteiger partial charge on any atom is -0.299 e. The average molecular weight is 495 g/mol. The molecule has 33 heavy (non-hydrogen) atoms. The number of carbonyl (C=O) groups excluding carboxylic acids is 1. The zero-order valence-corrected chi connectivity index (χ0v) is 22.1. The summed E-state index contributed by atoms with van der Waals surface area (Å²) in [5, 5.41) is 4.17. The first kappa shape index (κ1) is 27.5. The molecule has 3 atom stereocenters. The summed E-state index contributed by atoms with van der Waals surface area (Å²) in [6.07, 6.45) is 5.40. The second-order valence-corrected chi connectivity index (χ2v) is 9.23. The third-order valence-corrected chi connectivity index (χ3v) is 6.29. The topological polar surface area (TPSA) is 48.8 Å². The van der Waals surface area contributed by atoms with Gasteiger partial charge in [0, 0.05) is 5.02 Å². The number of nitrogens with zero attached hydrogens (tertiary/aromatic N) is 1. The van der Waals surface area contributed by atoms with E-state index in [4.69, 9.17) is 23.2 Å². The van der Waals surface area contributed by atoms with Gasteiger partial charge in [-0.05, 0) is 49.9 Å². The van der Waals surface area contributed by atoms with Crippen LogP contribution in [-0.2, 0) is 4.79 Å². The lowest BCUT2D eigenvalue weighted by molar-refractivity contribution is -0.917. The van der Waals surface area contributed by atoms with E-state index in [9.17, 15) is 4.79 Å². The van der Waals surface area contributed by atoms with Crippen molar-refractivity contribution in [3.8, 4) is 0 Å². The van der Waals surface area contributed by atoms with Crippen LogP contribution in [0.4, 0.5) is 5.69 Å². The third kappa shape index (κ3) is 7.89. The number of rotatable bonds is 9. The number of nitrogens with one attached hydrogen (secondary N) is 3. The quantitative estimate of drug-likeness (QED) is 0.329. The molecule has 0 spiro atoms. The first-order valence-electron chi connectivity index (χ1n) is 12.1. The molecule has 3 rings (SSSR count). The Labute approximate surface area is 209 Å². The average Bonchev–Trinajstić information content (AvgIpc) is 3.24. The zero-order chi connectivity index (χ0) is 24.4. The van der Waals surface area contributed by atoms with Crippen molar-refractivity contribution >= 4 is 34.8 Å². The minimum atomic E-state index is -0.344. The minimum absolute atomic E-state index is 0.00214. The van der Waals surface area contributed by atoms with Crippen LogP contribution in [0.15, 0.2) is 42.5 Å². The lowest BCUT2D eigenvalue weighted by atomic mass is 9.99. The molecule has 0 saturated carbocycles. The Morgan fingerprint density at radius 1 is 1.12 bits per heavy atom. The van der Waals surface area contributed by atoms with E-state index in [0.717, 1.165) is 29.2 Å². The first-order valence-corrected chi connectivity index (χ1v) is 12.8. The number of hydrogen-bond acceptors (Lipinski definition) is 3. The van der Waals surface area contributed by atoms with Crippen LogP contribution < -0.4 is 20.9 Å². The number of halogens is 2. The summed E-state index contributed by atoms with van der Waals surface area (Å²) >= 11 is 12.6. The van der Waals surface area contributed by atoms with Crippen LogP contribution in [0, 0.1) is 6.92 Å². The number of carbonyl (C=O) groups is 1. The maximum absolute atomic E-state index is 13.0. The molecular formula is C26H39Cl2N4O+. The molecule has 7 heteroatoms. The molecule has 3 unspecified atom stereocenters. The van der Waals surface area contributed by atoms with E-state index in [2.05, 4.69) is 49.0 Å². The molecule has 0 bridgehead atoms. The number of amides is 1. The SMILES string of the molecule is CC.CCCCCC[NH+](C)NC(=O)C1CC(c2ccc(C)cc2)N(c2ccc(Cl)cc2Cl)N1. The second kappa shape index (κ2) is 13.8. The molecule has 1 fully saturated rings. The first-order chi connectivity index (χ1) is 15.9. The number of aryl methyl sites for hydroxylation is 1. The van der Waals surface area contributed by atoms with Crippen LogP contribution in [0.25, 0.3) is 0 Å². The molecule has 1 saturated heterocycles. The van der Waals surface area contributed by atoms with Gasteiger partial charge in [-0.2, -0.15) is 0 Å². The van der Waals surface area contributed by atoms with Crippen LogP contribution >= 0.6 is 23.2 Å². The fourth-order valence-corrected chi connectivity index (χ4v) is 4.47. The number of anilines is 1. The van der Waals surface area contributed by atoms with E-state index < -0.39 is 0 Å². The van der Waals surface area contributed by atoms with Gasteiger partial charge >= 0.3 is 0 Å². The Morgan fingerprint density at radius 3 is 2.45 bits per heavy atom. The number of hydrogen-bond donors (Lipinski definition) is 3. The summed E-state index contributed by atoms with van der Waals surface area (Å²) in [5.41, 5.74) is 9.66. The summed E-state index contributed by atoms with van der Waals surface area (Å²) in [4.78, 5) is 13.0. The summed E-state index contributed by atoms with van der Waals surface area (Å²) in [6, 6.07) is 13.5. The molecule has 5 nitrogen and oxygen atoms in total. The van der Waals surface area contributed by atoms with Gasteiger partial charge in [0.15, 0.2) is 0 Å². The van der Waals surface area contributed by atoms with Crippen molar-refractivity contribution < 1.29 is 9.80 Å². The van der Waals surface area contributed by atoms with Gasteiger partial charge in [-0.25, -0.2) is 15.9 Å². The standard InChI is InChI=1S/C24H32Cl2N4O.C2H6/c1-4-5-6-7-14-29(3)28-24(31)21-16-23(18-10-8-17(2)9-11-18)30(27-21)22-13-12-19(25)15-20(22)26;1-2/h8-13,15,21,23,27H,4-7,14,16H2,1-3H3,(H,28,31);1-2H3/p+1. The maximum atomic E-state index is 13.0. The third-order valence-electron chi connectivity index (χ3n) is 5.76. The smallest absolute Gasteiger partial charge is 0.283 e. The molecule has 2 aromatic rings. The summed E-state index contributed by atoms with van der Waals surface area (Å²) < 4.78 is 0. The van der Waals surface area contributed by atoms with E-state index in [1.165, 1.54) is 24.8 Å². The Morgan fingerprint density at radius 2 is 1.82 bits per heavy atom. The van der Waals surface area contributed by atoms with Gasteiger partial charge in [-0.3, -0.25) is 9.80 Å². The Balaban J connectivity index is 0.00000187. The molecule has 3 N–H and O–H groups in total. The molecule has 1 amide bonds. The fourth-order valence-electron chi connectivity index (χ4n) is 3.97. The predicted octanol–water partition coefficient (Wildman–Crippen LogP) is 5.28. The molecule has 1 aliphatic rings. The lowest BCUT2D eigenvalue weighted by Crippen LogP contribution is -3.16. The van der Waals surface area contributed by atoms with E-state index in [1.54, 1.807) is 6.07 Å². The highest BCUT2D eigenvalue weighted by molar-refractivity contribution is 6.36. The van der Waals surface area contributed by atoms with Gasteiger partial charge in [0.05, 0.1) is 30.3 Å². The van der Waals surface area contributed by atoms with Gasteiger partial charge in [0.1, 0.15) is 6.04 Å². The molecule has 1 aliphatic heterocycles. The van der Waals surface area contributed by atoms with E-state index in [-0.39, 0.29) is 18.0 Å². The zero-order valence-electron chi connectivity index (χ0n) is 20.6. The molecule has 1 heterocycles. The number of benzene rings is 2. The fraction of sp³-hybridized carbons (Fsp3) is 0.500. The van der Waals surface area contributed by atoms with Crippen molar-refractivity contribution in [3.63, 3.8) is 0 Å². The van der Waals surface area contributed by atoms with Gasteiger partial charge in [0.2, 0.25) is 0 Å². The predicted molar refractivity (Wildman–Crippen MR) is 140 cm³/mol. The highest BCUT2D eigenvalue weighted by atomic mass is 35.5. The van der Waals surface area contributed by atoms with E-state index in [1.807, 2.05) is 38.0 Å². The van der Waals surface area contributed by atoms with Crippen molar-refractivity contribution in [3.05, 3.63) is 63.6 Å². The molecule has 0 aliphatic carbocycles.